The van der Waals surface area contributed by atoms with Gasteiger partial charge in [0.25, 0.3) is 5.91 Å². The van der Waals surface area contributed by atoms with E-state index in [9.17, 15) is 18.4 Å². The van der Waals surface area contributed by atoms with Crippen LogP contribution in [0.1, 0.15) is 63.8 Å². The molecule has 0 bridgehead atoms. The van der Waals surface area contributed by atoms with Crippen LogP contribution in [-0.4, -0.2) is 83.6 Å². The number of rotatable bonds is 11. The maximum Gasteiger partial charge on any atom is 0.407 e. The maximum absolute atomic E-state index is 14.9. The zero-order chi connectivity index (χ0) is 36.9. The number of alkyl carbamates (subject to hydrolysis) is 1. The third-order valence-corrected chi connectivity index (χ3v) is 8.83. The third kappa shape index (κ3) is 7.68. The number of hydrogen-bond donors (Lipinski definition) is 2. The fraction of sp³-hybridized carbons (Fsp3) is 0.394. The molecule has 2 amide bonds. The predicted molar refractivity (Wildman–Crippen MR) is 189 cm³/mol. The second-order valence-corrected chi connectivity index (χ2v) is 14.4. The van der Waals surface area contributed by atoms with Crippen molar-refractivity contribution in [2.45, 2.75) is 69.4 Å². The lowest BCUT2D eigenvalue weighted by atomic mass is 9.49. The molecule has 4 aromatic rings. The first-order chi connectivity index (χ1) is 23.9. The van der Waals surface area contributed by atoms with Crippen LogP contribution in [0.2, 0.25) is 5.02 Å². The molecule has 0 unspecified atom stereocenters. The summed E-state index contributed by atoms with van der Waals surface area (Å²) in [5, 5.41) is 9.23. The van der Waals surface area contributed by atoms with Crippen molar-refractivity contribution in [1.82, 2.24) is 34.8 Å². The van der Waals surface area contributed by atoms with Gasteiger partial charge in [-0.15, -0.1) is 0 Å². The van der Waals surface area contributed by atoms with Crippen molar-refractivity contribution in [3.63, 3.8) is 0 Å². The first-order valence-corrected chi connectivity index (χ1v) is 16.5. The number of aliphatic imine (C=N–C) groups is 1. The molecule has 1 aliphatic heterocycles. The molecule has 12 nitrogen and oxygen atoms in total. The molecule has 18 heteroatoms. The highest BCUT2D eigenvalue weighted by Gasteiger charge is 2.53. The molecule has 3 heterocycles. The molecule has 2 aromatic carbocycles. The number of nitrogens with two attached hydrogens (primary N) is 1. The second kappa shape index (κ2) is 13.5. The number of halogens is 3. The van der Waals surface area contributed by atoms with Crippen molar-refractivity contribution in [2.75, 3.05) is 6.61 Å². The quantitative estimate of drug-likeness (QED) is 0.221. The number of nitrogens with one attached hydrogen (secondary N) is 1. The molecule has 2 aromatic heterocycles. The van der Waals surface area contributed by atoms with Gasteiger partial charge in [-0.05, 0) is 58.7 Å². The summed E-state index contributed by atoms with van der Waals surface area (Å²) in [6, 6.07) is 10.9. The number of amides is 2. The average Bonchev–Trinajstić information content (AvgIpc) is 3.42. The van der Waals surface area contributed by atoms with Gasteiger partial charge in [0.1, 0.15) is 12.9 Å². The van der Waals surface area contributed by atoms with Crippen LogP contribution in [0.15, 0.2) is 66.2 Å². The number of alkyl halides is 2. The van der Waals surface area contributed by atoms with Gasteiger partial charge in [-0.2, -0.15) is 19.0 Å². The third-order valence-electron chi connectivity index (χ3n) is 8.50. The minimum Gasteiger partial charge on any atom is -0.447 e. The topological polar surface area (TPSA) is 146 Å². The van der Waals surface area contributed by atoms with E-state index in [1.54, 1.807) is 42.5 Å². The molecule has 0 saturated heterocycles. The zero-order valence-electron chi connectivity index (χ0n) is 28.1. The molecule has 258 valence electrons. The van der Waals surface area contributed by atoms with Crippen molar-refractivity contribution >= 4 is 53.1 Å². The number of carbonyl (C=O) groups excluding carboxylic acids is 2. The summed E-state index contributed by atoms with van der Waals surface area (Å²) < 4.78 is 33.7. The van der Waals surface area contributed by atoms with Crippen LogP contribution in [0.3, 0.4) is 0 Å². The Morgan fingerprint density at radius 3 is 2.43 bits per heavy atom. The van der Waals surface area contributed by atoms with Crippen molar-refractivity contribution in [3.05, 3.63) is 77.3 Å². The number of guanidine groups is 1. The van der Waals surface area contributed by atoms with Crippen LogP contribution in [0.4, 0.5) is 13.6 Å². The fourth-order valence-corrected chi connectivity index (χ4v) is 6.21. The van der Waals surface area contributed by atoms with Crippen molar-refractivity contribution in [2.24, 2.45) is 16.1 Å². The number of aromatic nitrogens is 5. The maximum atomic E-state index is 14.9. The van der Waals surface area contributed by atoms with Crippen LogP contribution in [0.5, 0.6) is 0 Å². The van der Waals surface area contributed by atoms with Gasteiger partial charge in [0.2, 0.25) is 0 Å². The van der Waals surface area contributed by atoms with E-state index in [2.05, 4.69) is 20.5 Å². The van der Waals surface area contributed by atoms with Crippen LogP contribution < -0.4 is 11.1 Å². The average molecular weight is 710 g/mol. The summed E-state index contributed by atoms with van der Waals surface area (Å²) in [4.78, 5) is 38.1. The van der Waals surface area contributed by atoms with Gasteiger partial charge >= 0.3 is 12.6 Å². The van der Waals surface area contributed by atoms with Gasteiger partial charge < -0.3 is 15.8 Å². The predicted octanol–water partition coefficient (Wildman–Crippen LogP) is 4.35. The van der Waals surface area contributed by atoms with Crippen LogP contribution in [0, 0.1) is 5.41 Å². The van der Waals surface area contributed by atoms with Crippen molar-refractivity contribution < 1.29 is 23.1 Å². The Morgan fingerprint density at radius 2 is 1.84 bits per heavy atom. The second-order valence-electron chi connectivity index (χ2n) is 14.0. The number of ether oxygens (including phenoxy) is 1. The highest BCUT2D eigenvalue weighted by atomic mass is 35.5. The van der Waals surface area contributed by atoms with Crippen LogP contribution in [-0.2, 0) is 20.3 Å². The zero-order valence-corrected chi connectivity index (χ0v) is 28.9. The SMILES string of the molecule is [B]C([B])([B])n1cnc(-c2cc([C@@H](COC(=O)NC3CC3)N3C(=O)[C@@](CC(C)(C)C)(c4ccc(-c5cnn(C(F)F)c5)cc4)N=C3N)ccc2Cl)n1. The first-order valence-electron chi connectivity index (χ1n) is 16.1. The summed E-state index contributed by atoms with van der Waals surface area (Å²) >= 11 is 6.59. The van der Waals surface area contributed by atoms with Gasteiger partial charge in [-0.1, -0.05) is 62.7 Å². The lowest BCUT2D eigenvalue weighted by molar-refractivity contribution is -0.135. The van der Waals surface area contributed by atoms with Crippen LogP contribution >= 0.6 is 11.6 Å². The molecule has 3 N–H and O–H groups in total. The monoisotopic (exact) mass is 709 g/mol. The van der Waals surface area contributed by atoms with E-state index in [0.717, 1.165) is 17.5 Å². The Morgan fingerprint density at radius 1 is 1.14 bits per heavy atom. The number of carbonyl (C=O) groups is 2. The van der Waals surface area contributed by atoms with Gasteiger partial charge in [0.05, 0.1) is 40.8 Å². The molecular formula is C33H33B3ClF2N9O3. The Hall–Kier alpha value is -4.66. The van der Waals surface area contributed by atoms with E-state index in [-0.39, 0.29) is 35.9 Å². The Labute approximate surface area is 302 Å². The lowest BCUT2D eigenvalue weighted by Crippen LogP contribution is -2.47. The highest BCUT2D eigenvalue weighted by Crippen LogP contribution is 2.45. The number of hydrogen-bond acceptors (Lipinski definition) is 8. The minimum atomic E-state index is -2.78. The Balaban J connectivity index is 1.39. The van der Waals surface area contributed by atoms with Crippen molar-refractivity contribution in [3.8, 4) is 22.5 Å². The summed E-state index contributed by atoms with van der Waals surface area (Å²) in [5.41, 5.74) is 7.20. The number of nitrogens with zero attached hydrogens (tertiary/aromatic N) is 7. The highest BCUT2D eigenvalue weighted by molar-refractivity contribution is 6.56. The van der Waals surface area contributed by atoms with E-state index in [4.69, 9.17) is 50.6 Å². The first kappa shape index (κ1) is 36.1. The molecule has 0 spiro atoms. The summed E-state index contributed by atoms with van der Waals surface area (Å²) in [5.74, 6) is -0.405. The Bertz CT molecular complexity index is 1970. The largest absolute Gasteiger partial charge is 0.447 e. The van der Waals surface area contributed by atoms with E-state index in [0.29, 0.717) is 32.5 Å². The van der Waals surface area contributed by atoms with Gasteiger partial charge in [-0.25, -0.2) is 19.5 Å². The van der Waals surface area contributed by atoms with Gasteiger partial charge in [-0.3, -0.25) is 14.4 Å². The molecule has 51 heavy (non-hydrogen) atoms. The van der Waals surface area contributed by atoms with Crippen molar-refractivity contribution in [1.29, 1.82) is 0 Å². The molecule has 1 saturated carbocycles. The normalized spacial score (nSPS) is 18.6. The van der Waals surface area contributed by atoms with Gasteiger partial charge in [0, 0.05) is 23.4 Å². The fourth-order valence-electron chi connectivity index (χ4n) is 6.01. The summed E-state index contributed by atoms with van der Waals surface area (Å²) in [6.07, 6.45) is 5.14. The molecule has 1 fully saturated rings. The smallest absolute Gasteiger partial charge is 0.407 e. The molecule has 2 atom stereocenters. The molecule has 6 rings (SSSR count). The molecular weight excluding hydrogens is 676 g/mol. The van der Waals surface area contributed by atoms with E-state index in [1.165, 1.54) is 23.6 Å². The number of benzene rings is 2. The Kier molecular flexibility index (Phi) is 9.55. The lowest BCUT2D eigenvalue weighted by Gasteiger charge is -2.35. The molecule has 1 aliphatic carbocycles. The van der Waals surface area contributed by atoms with E-state index in [1.807, 2.05) is 20.8 Å². The van der Waals surface area contributed by atoms with Gasteiger partial charge in [0.15, 0.2) is 17.3 Å². The van der Waals surface area contributed by atoms with Crippen LogP contribution in [0.25, 0.3) is 22.5 Å². The molecule has 6 radical (unpaired) electrons. The van der Waals surface area contributed by atoms with E-state index < -0.39 is 40.8 Å². The summed E-state index contributed by atoms with van der Waals surface area (Å²) in [7, 11) is 17.3. The summed E-state index contributed by atoms with van der Waals surface area (Å²) in [6.45, 7) is 2.85. The molecule has 2 aliphatic rings. The van der Waals surface area contributed by atoms with E-state index >= 15 is 0 Å². The standard InChI is InChI=1S/C33H33B3ClF2N9O3/c1-31(2,3)16-32(21-7-4-18(5-8-21)20-13-42-46(14-20)28(38)39)27(49)48(29(40)44-32)25(15-51-30(50)43-22-9-10-22)19-6-11-24(37)23(12-19)26-41-17-47(45-26)33(34,35)36/h4-8,11-14,17,22,25,28H,9-10,15-16H2,1-3H3,(H2,40,44)(H,43,50)/t25-,32-/m1/s1. The minimum absolute atomic E-state index is 0.0335.